The van der Waals surface area contributed by atoms with Crippen LogP contribution < -0.4 is 5.32 Å². The molecule has 0 amide bonds. The number of piperidine rings is 1. The van der Waals surface area contributed by atoms with Crippen LogP contribution in [0.3, 0.4) is 0 Å². The van der Waals surface area contributed by atoms with Crippen LogP contribution in [-0.4, -0.2) is 40.5 Å². The lowest BCUT2D eigenvalue weighted by atomic mass is 10.1. The highest BCUT2D eigenvalue weighted by Crippen LogP contribution is 2.26. The fourth-order valence-electron chi connectivity index (χ4n) is 2.54. The summed E-state index contributed by atoms with van der Waals surface area (Å²) in [5.41, 5.74) is 1.26. The topological polar surface area (TPSA) is 54.2 Å². The van der Waals surface area contributed by atoms with Crippen molar-refractivity contribution < 1.29 is 4.42 Å². The molecule has 1 fully saturated rings. The Kier molecular flexibility index (Phi) is 4.32. The van der Waals surface area contributed by atoms with Gasteiger partial charge in [0, 0.05) is 12.6 Å². The highest BCUT2D eigenvalue weighted by Gasteiger charge is 2.21. The zero-order valence-electron chi connectivity index (χ0n) is 11.2. The van der Waals surface area contributed by atoms with Crippen LogP contribution in [0.4, 0.5) is 6.01 Å². The average molecular weight is 407 g/mol. The third-order valence-corrected chi connectivity index (χ3v) is 4.56. The van der Waals surface area contributed by atoms with Crippen molar-refractivity contribution in [2.75, 3.05) is 25.0 Å². The van der Waals surface area contributed by atoms with E-state index in [4.69, 9.17) is 16.0 Å². The lowest BCUT2D eigenvalue weighted by Gasteiger charge is -2.31. The van der Waals surface area contributed by atoms with Gasteiger partial charge in [0.1, 0.15) is 5.15 Å². The first-order valence-electron chi connectivity index (χ1n) is 6.77. The van der Waals surface area contributed by atoms with Crippen LogP contribution in [0, 0.1) is 3.57 Å². The van der Waals surface area contributed by atoms with Crippen LogP contribution in [0.25, 0.3) is 11.2 Å². The number of likely N-dealkylation sites (tertiary alicyclic amines) is 1. The molecule has 0 unspecified atom stereocenters. The molecule has 1 N–H and O–H groups in total. The summed E-state index contributed by atoms with van der Waals surface area (Å²) in [6, 6.07) is 2.69. The van der Waals surface area contributed by atoms with Gasteiger partial charge in [0.25, 0.3) is 6.01 Å². The molecule has 1 saturated heterocycles. The molecule has 0 saturated carbocycles. The third-order valence-electron chi connectivity index (χ3n) is 3.57. The fourth-order valence-corrected chi connectivity index (χ4v) is 3.56. The van der Waals surface area contributed by atoms with Crippen molar-refractivity contribution in [3.8, 4) is 0 Å². The van der Waals surface area contributed by atoms with E-state index in [1.54, 1.807) is 6.07 Å². The van der Waals surface area contributed by atoms with Crippen molar-refractivity contribution in [3.05, 3.63) is 14.8 Å². The van der Waals surface area contributed by atoms with Crippen molar-refractivity contribution in [2.24, 2.45) is 0 Å². The van der Waals surface area contributed by atoms with Crippen molar-refractivity contribution in [1.82, 2.24) is 14.9 Å². The summed E-state index contributed by atoms with van der Waals surface area (Å²) in [5.74, 6) is 0. The van der Waals surface area contributed by atoms with Crippen LogP contribution in [-0.2, 0) is 0 Å². The van der Waals surface area contributed by atoms with E-state index < -0.39 is 0 Å². The van der Waals surface area contributed by atoms with Gasteiger partial charge in [-0.05, 0) is 54.6 Å². The van der Waals surface area contributed by atoms with Gasteiger partial charge in [-0.15, -0.1) is 0 Å². The monoisotopic (exact) mass is 406 g/mol. The number of aromatic nitrogens is 2. The first-order valence-corrected chi connectivity index (χ1v) is 8.23. The number of anilines is 1. The van der Waals surface area contributed by atoms with E-state index in [-0.39, 0.29) is 0 Å². The number of pyridine rings is 1. The Hall–Kier alpha value is -0.600. The summed E-state index contributed by atoms with van der Waals surface area (Å²) in [6.45, 7) is 5.48. The van der Waals surface area contributed by atoms with Gasteiger partial charge in [-0.1, -0.05) is 18.5 Å². The lowest BCUT2D eigenvalue weighted by molar-refractivity contribution is 0.225. The van der Waals surface area contributed by atoms with Crippen molar-refractivity contribution in [3.63, 3.8) is 0 Å². The second-order valence-electron chi connectivity index (χ2n) is 4.98. The molecule has 2 aromatic heterocycles. The Morgan fingerprint density at radius 3 is 3.20 bits per heavy atom. The standard InChI is InChI=1S/C13H16ClIN4O/c1-2-19-5-3-4-8(7-19)16-13-18-12-11(20-13)9(15)6-10(14)17-12/h6,8H,2-5,7H2,1H3,(H,16,17,18)/t8-/m1/s1. The third kappa shape index (κ3) is 3.01. The SMILES string of the molecule is CCN1CCC[C@@H](Nc2nc3nc(Cl)cc(I)c3o2)C1. The van der Waals surface area contributed by atoms with Gasteiger partial charge in [0.15, 0.2) is 5.58 Å². The van der Waals surface area contributed by atoms with E-state index in [9.17, 15) is 0 Å². The predicted octanol–water partition coefficient (Wildman–Crippen LogP) is 3.38. The number of rotatable bonds is 3. The maximum atomic E-state index is 5.94. The summed E-state index contributed by atoms with van der Waals surface area (Å²) in [5, 5.41) is 3.82. The van der Waals surface area contributed by atoms with Crippen LogP contribution in [0.1, 0.15) is 19.8 Å². The molecule has 0 radical (unpaired) electrons. The largest absolute Gasteiger partial charge is 0.421 e. The molecule has 1 aliphatic rings. The van der Waals surface area contributed by atoms with Gasteiger partial charge in [0.2, 0.25) is 5.65 Å². The van der Waals surface area contributed by atoms with Crippen LogP contribution in [0.15, 0.2) is 10.5 Å². The molecule has 20 heavy (non-hydrogen) atoms. The van der Waals surface area contributed by atoms with Crippen molar-refractivity contribution in [2.45, 2.75) is 25.8 Å². The molecule has 1 atom stereocenters. The van der Waals surface area contributed by atoms with E-state index in [1.807, 2.05) is 0 Å². The fraction of sp³-hybridized carbons (Fsp3) is 0.538. The van der Waals surface area contributed by atoms with Crippen LogP contribution >= 0.6 is 34.2 Å². The summed E-state index contributed by atoms with van der Waals surface area (Å²) in [6.07, 6.45) is 2.34. The smallest absolute Gasteiger partial charge is 0.297 e. The number of halogens is 2. The highest BCUT2D eigenvalue weighted by atomic mass is 127. The van der Waals surface area contributed by atoms with E-state index >= 15 is 0 Å². The number of nitrogens with zero attached hydrogens (tertiary/aromatic N) is 3. The van der Waals surface area contributed by atoms with Crippen LogP contribution in [0.5, 0.6) is 0 Å². The molecule has 5 nitrogen and oxygen atoms in total. The number of fused-ring (bicyclic) bond motifs is 1. The molecule has 3 rings (SSSR count). The maximum absolute atomic E-state index is 5.94. The molecular formula is C13H16ClIN4O. The number of nitrogens with one attached hydrogen (secondary N) is 1. The van der Waals surface area contributed by atoms with Crippen molar-refractivity contribution in [1.29, 1.82) is 0 Å². The first-order chi connectivity index (χ1) is 9.65. The molecule has 0 bridgehead atoms. The molecule has 108 valence electrons. The van der Waals surface area contributed by atoms with Gasteiger partial charge in [0.05, 0.1) is 3.57 Å². The predicted molar refractivity (Wildman–Crippen MR) is 88.3 cm³/mol. The van der Waals surface area contributed by atoms with E-state index in [0.29, 0.717) is 28.4 Å². The zero-order valence-corrected chi connectivity index (χ0v) is 14.1. The maximum Gasteiger partial charge on any atom is 0.297 e. The Balaban J connectivity index is 1.79. The van der Waals surface area contributed by atoms with Gasteiger partial charge < -0.3 is 14.6 Å². The van der Waals surface area contributed by atoms with Crippen molar-refractivity contribution >= 4 is 51.4 Å². The second-order valence-corrected chi connectivity index (χ2v) is 6.52. The minimum absolute atomic E-state index is 0.380. The zero-order chi connectivity index (χ0) is 14.1. The molecule has 2 aromatic rings. The Bertz CT molecular complexity index is 618. The quantitative estimate of drug-likeness (QED) is 0.626. The van der Waals surface area contributed by atoms with E-state index in [1.165, 1.54) is 13.0 Å². The summed E-state index contributed by atoms with van der Waals surface area (Å²) in [4.78, 5) is 11.0. The summed E-state index contributed by atoms with van der Waals surface area (Å²) in [7, 11) is 0. The molecule has 7 heteroatoms. The normalized spacial score (nSPS) is 20.4. The molecule has 0 aromatic carbocycles. The minimum Gasteiger partial charge on any atom is -0.421 e. The van der Waals surface area contributed by atoms with E-state index in [2.05, 4.69) is 49.7 Å². The summed E-state index contributed by atoms with van der Waals surface area (Å²) >= 11 is 8.12. The number of hydrogen-bond acceptors (Lipinski definition) is 5. The summed E-state index contributed by atoms with van der Waals surface area (Å²) < 4.78 is 6.68. The molecule has 3 heterocycles. The molecular weight excluding hydrogens is 391 g/mol. The van der Waals surface area contributed by atoms with E-state index in [0.717, 1.165) is 23.1 Å². The van der Waals surface area contributed by atoms with Crippen LogP contribution in [0.2, 0.25) is 5.15 Å². The second kappa shape index (κ2) is 6.03. The minimum atomic E-state index is 0.380. The Morgan fingerprint density at radius 1 is 1.55 bits per heavy atom. The Labute approximate surface area is 136 Å². The number of likely N-dealkylation sites (N-methyl/N-ethyl adjacent to an activating group) is 1. The van der Waals surface area contributed by atoms with Gasteiger partial charge in [-0.3, -0.25) is 0 Å². The molecule has 1 aliphatic heterocycles. The Morgan fingerprint density at radius 2 is 2.40 bits per heavy atom. The number of oxazole rings is 1. The average Bonchev–Trinajstić information content (AvgIpc) is 2.81. The molecule has 0 spiro atoms. The molecule has 0 aliphatic carbocycles. The first kappa shape index (κ1) is 14.3. The van der Waals surface area contributed by atoms with Gasteiger partial charge >= 0.3 is 0 Å². The highest BCUT2D eigenvalue weighted by molar-refractivity contribution is 14.1. The lowest BCUT2D eigenvalue weighted by Crippen LogP contribution is -2.41. The van der Waals surface area contributed by atoms with Gasteiger partial charge in [-0.2, -0.15) is 4.98 Å². The number of hydrogen-bond donors (Lipinski definition) is 1. The van der Waals surface area contributed by atoms with Gasteiger partial charge in [-0.25, -0.2) is 4.98 Å².